The number of ether oxygens (including phenoxy) is 1. The summed E-state index contributed by atoms with van der Waals surface area (Å²) in [6.07, 6.45) is -0.0204. The molecule has 6 heteroatoms. The van der Waals surface area contributed by atoms with E-state index in [0.29, 0.717) is 6.42 Å². The van der Waals surface area contributed by atoms with Crippen LogP contribution in [0.4, 0.5) is 10.5 Å². The average molecular weight is 405 g/mol. The predicted octanol–water partition coefficient (Wildman–Crippen LogP) is 5.16. The fourth-order valence-electron chi connectivity index (χ4n) is 4.27. The monoisotopic (exact) mass is 405 g/mol. The van der Waals surface area contributed by atoms with E-state index >= 15 is 0 Å². The number of aromatic amines is 1. The molecule has 2 N–H and O–H groups in total. The van der Waals surface area contributed by atoms with Crippen molar-refractivity contribution >= 4 is 28.6 Å². The van der Waals surface area contributed by atoms with E-state index in [2.05, 4.69) is 28.5 Å². The lowest BCUT2D eigenvalue weighted by molar-refractivity contribution is -0.117. The number of aromatic nitrogens is 1. The maximum atomic E-state index is 12.3. The molecule has 2 aromatic carbocycles. The molecule has 156 valence electrons. The van der Waals surface area contributed by atoms with E-state index in [9.17, 15) is 9.59 Å². The minimum absolute atomic E-state index is 0.00896. The Morgan fingerprint density at radius 3 is 2.63 bits per heavy atom. The van der Waals surface area contributed by atoms with Crippen LogP contribution in [0.1, 0.15) is 45.7 Å². The summed E-state index contributed by atoms with van der Waals surface area (Å²) in [5.41, 5.74) is 4.82. The first-order valence-electron chi connectivity index (χ1n) is 10.3. The summed E-state index contributed by atoms with van der Waals surface area (Å²) in [6, 6.07) is 16.0. The molecule has 1 aliphatic heterocycles. The minimum atomic E-state index is -0.444. The van der Waals surface area contributed by atoms with Gasteiger partial charge in [0.25, 0.3) is 0 Å². The molecule has 0 bridgehead atoms. The molecule has 0 unspecified atom stereocenters. The summed E-state index contributed by atoms with van der Waals surface area (Å²) in [6.45, 7) is 7.22. The summed E-state index contributed by atoms with van der Waals surface area (Å²) in [7, 11) is 0. The van der Waals surface area contributed by atoms with Gasteiger partial charge in [-0.25, -0.2) is 4.79 Å². The van der Waals surface area contributed by atoms with Crippen LogP contribution in [0, 0.1) is 0 Å². The number of carbonyl (C=O) groups excluding carboxylic acids is 2. The number of nitrogens with zero attached hydrogens (tertiary/aromatic N) is 1. The number of hydrogen-bond acceptors (Lipinski definition) is 3. The summed E-state index contributed by atoms with van der Waals surface area (Å²) in [5.74, 6) is -0.00896. The standard InChI is InChI=1S/C24H27N3O3/c1-14(2)30-24(29)26-22-11-15(3)27(16(4)28)23-10-9-18(12-19(22)23)21-13-17-7-5-6-8-20(17)25-21/h5-10,12-15,22,25H,11H2,1-4H3,(H,26,29)/t15-,22+/m0/s1. The molecule has 0 saturated heterocycles. The van der Waals surface area contributed by atoms with Crippen LogP contribution in [0.15, 0.2) is 48.5 Å². The minimum Gasteiger partial charge on any atom is -0.447 e. The van der Waals surface area contributed by atoms with Gasteiger partial charge in [-0.05, 0) is 62.6 Å². The van der Waals surface area contributed by atoms with Crippen molar-refractivity contribution in [2.45, 2.75) is 52.3 Å². The van der Waals surface area contributed by atoms with E-state index in [-0.39, 0.29) is 24.1 Å². The maximum Gasteiger partial charge on any atom is 0.407 e. The van der Waals surface area contributed by atoms with Gasteiger partial charge in [0.2, 0.25) is 5.91 Å². The zero-order chi connectivity index (χ0) is 21.4. The molecule has 6 nitrogen and oxygen atoms in total. The fraction of sp³-hybridized carbons (Fsp3) is 0.333. The molecule has 0 fully saturated rings. The van der Waals surface area contributed by atoms with Crippen molar-refractivity contribution in [3.05, 3.63) is 54.1 Å². The Hall–Kier alpha value is -3.28. The van der Waals surface area contributed by atoms with Gasteiger partial charge in [0.15, 0.2) is 0 Å². The normalized spacial score (nSPS) is 18.4. The van der Waals surface area contributed by atoms with Gasteiger partial charge < -0.3 is 19.9 Å². The van der Waals surface area contributed by atoms with Crippen molar-refractivity contribution in [3.63, 3.8) is 0 Å². The van der Waals surface area contributed by atoms with Crippen LogP contribution < -0.4 is 10.2 Å². The van der Waals surface area contributed by atoms with Gasteiger partial charge in [0, 0.05) is 35.2 Å². The van der Waals surface area contributed by atoms with Crippen LogP contribution >= 0.6 is 0 Å². The largest absolute Gasteiger partial charge is 0.447 e. The highest BCUT2D eigenvalue weighted by Gasteiger charge is 2.33. The molecule has 4 rings (SSSR count). The van der Waals surface area contributed by atoms with E-state index in [1.165, 1.54) is 0 Å². The number of rotatable bonds is 3. The Kier molecular flexibility index (Phi) is 5.24. The van der Waals surface area contributed by atoms with Gasteiger partial charge in [0.05, 0.1) is 12.1 Å². The lowest BCUT2D eigenvalue weighted by Crippen LogP contribution is -2.45. The second-order valence-corrected chi connectivity index (χ2v) is 8.17. The van der Waals surface area contributed by atoms with Crippen LogP contribution in [0.2, 0.25) is 0 Å². The first-order valence-corrected chi connectivity index (χ1v) is 10.3. The SMILES string of the molecule is CC(=O)N1c2ccc(-c3cc4ccccc4[nH]3)cc2[C@H](NC(=O)OC(C)C)C[C@@H]1C. The van der Waals surface area contributed by atoms with E-state index in [1.54, 1.807) is 11.8 Å². The number of anilines is 1. The molecule has 1 aromatic heterocycles. The van der Waals surface area contributed by atoms with Gasteiger partial charge in [-0.1, -0.05) is 24.3 Å². The van der Waals surface area contributed by atoms with Crippen molar-refractivity contribution in [2.24, 2.45) is 0 Å². The molecule has 0 aliphatic carbocycles. The number of benzene rings is 2. The Morgan fingerprint density at radius 2 is 1.93 bits per heavy atom. The number of para-hydroxylation sites is 1. The Labute approximate surface area is 176 Å². The van der Waals surface area contributed by atoms with Crippen molar-refractivity contribution < 1.29 is 14.3 Å². The van der Waals surface area contributed by atoms with E-state index in [1.807, 2.05) is 51.1 Å². The van der Waals surface area contributed by atoms with Gasteiger partial charge in [-0.15, -0.1) is 0 Å². The van der Waals surface area contributed by atoms with Crippen molar-refractivity contribution in [1.82, 2.24) is 10.3 Å². The van der Waals surface area contributed by atoms with E-state index in [4.69, 9.17) is 4.74 Å². The molecule has 2 atom stereocenters. The number of fused-ring (bicyclic) bond motifs is 2. The zero-order valence-electron chi connectivity index (χ0n) is 17.7. The lowest BCUT2D eigenvalue weighted by Gasteiger charge is -2.39. The summed E-state index contributed by atoms with van der Waals surface area (Å²) < 4.78 is 5.30. The second-order valence-electron chi connectivity index (χ2n) is 8.17. The number of hydrogen-bond donors (Lipinski definition) is 2. The van der Waals surface area contributed by atoms with Gasteiger partial charge in [-0.2, -0.15) is 0 Å². The van der Waals surface area contributed by atoms with Crippen LogP contribution in [-0.4, -0.2) is 29.1 Å². The van der Waals surface area contributed by atoms with Crippen LogP contribution in [0.3, 0.4) is 0 Å². The number of amides is 2. The van der Waals surface area contributed by atoms with Gasteiger partial charge in [0.1, 0.15) is 0 Å². The Balaban J connectivity index is 1.76. The molecule has 0 saturated carbocycles. The molecule has 30 heavy (non-hydrogen) atoms. The third kappa shape index (κ3) is 3.77. The number of alkyl carbamates (subject to hydrolysis) is 1. The third-order valence-electron chi connectivity index (χ3n) is 5.50. The molecule has 2 amide bonds. The van der Waals surface area contributed by atoms with Crippen LogP contribution in [-0.2, 0) is 9.53 Å². The van der Waals surface area contributed by atoms with E-state index in [0.717, 1.165) is 33.4 Å². The molecule has 0 spiro atoms. The first kappa shape index (κ1) is 20.0. The molecule has 3 aromatic rings. The lowest BCUT2D eigenvalue weighted by atomic mass is 9.90. The second kappa shape index (κ2) is 7.86. The number of carbonyl (C=O) groups is 2. The summed E-state index contributed by atoms with van der Waals surface area (Å²) >= 11 is 0. The van der Waals surface area contributed by atoms with Crippen LogP contribution in [0.25, 0.3) is 22.2 Å². The predicted molar refractivity (Wildman–Crippen MR) is 118 cm³/mol. The molecule has 0 radical (unpaired) electrons. The van der Waals surface area contributed by atoms with Gasteiger partial charge >= 0.3 is 6.09 Å². The molecule has 2 heterocycles. The highest BCUT2D eigenvalue weighted by Crippen LogP contribution is 2.40. The summed E-state index contributed by atoms with van der Waals surface area (Å²) in [5, 5.41) is 4.13. The third-order valence-corrected chi connectivity index (χ3v) is 5.50. The molecular weight excluding hydrogens is 378 g/mol. The Bertz CT molecular complexity index is 1070. The maximum absolute atomic E-state index is 12.3. The average Bonchev–Trinajstić information content (AvgIpc) is 3.11. The van der Waals surface area contributed by atoms with E-state index < -0.39 is 6.09 Å². The quantitative estimate of drug-likeness (QED) is 0.632. The van der Waals surface area contributed by atoms with Crippen molar-refractivity contribution in [3.8, 4) is 11.3 Å². The van der Waals surface area contributed by atoms with Crippen LogP contribution in [0.5, 0.6) is 0 Å². The van der Waals surface area contributed by atoms with Crippen molar-refractivity contribution in [1.29, 1.82) is 0 Å². The topological polar surface area (TPSA) is 74.4 Å². The number of H-pyrrole nitrogens is 1. The van der Waals surface area contributed by atoms with Crippen molar-refractivity contribution in [2.75, 3.05) is 4.90 Å². The smallest absolute Gasteiger partial charge is 0.407 e. The Morgan fingerprint density at radius 1 is 1.17 bits per heavy atom. The highest BCUT2D eigenvalue weighted by atomic mass is 16.6. The summed E-state index contributed by atoms with van der Waals surface area (Å²) in [4.78, 5) is 29.9. The highest BCUT2D eigenvalue weighted by molar-refractivity contribution is 5.94. The number of nitrogens with one attached hydrogen (secondary N) is 2. The molecular formula is C24H27N3O3. The van der Waals surface area contributed by atoms with Gasteiger partial charge in [-0.3, -0.25) is 4.79 Å². The molecule has 1 aliphatic rings. The zero-order valence-corrected chi connectivity index (χ0v) is 17.7. The first-order chi connectivity index (χ1) is 14.3. The fourth-order valence-corrected chi connectivity index (χ4v) is 4.27.